The molecule has 0 unspecified atom stereocenters. The largest absolute Gasteiger partial charge is 0.481 e. The van der Waals surface area contributed by atoms with Crippen LogP contribution in [0, 0.1) is 23.7 Å². The summed E-state index contributed by atoms with van der Waals surface area (Å²) in [6, 6.07) is 25.8. The van der Waals surface area contributed by atoms with Crippen molar-refractivity contribution in [3.8, 4) is 21.6 Å². The molecular formula is C36H38N2O8S2. The smallest absolute Gasteiger partial charge is 0.308 e. The average Bonchev–Trinajstić information content (AvgIpc) is 3.69. The molecule has 1 fully saturated rings. The Morgan fingerprint density at radius 3 is 1.29 bits per heavy atom. The third kappa shape index (κ3) is 8.06. The second-order valence-electron chi connectivity index (χ2n) is 11.6. The zero-order valence-corrected chi connectivity index (χ0v) is 28.3. The average molecular weight is 691 g/mol. The van der Waals surface area contributed by atoms with Gasteiger partial charge in [-0.1, -0.05) is 50.2 Å². The van der Waals surface area contributed by atoms with Crippen LogP contribution in [0.25, 0.3) is 0 Å². The van der Waals surface area contributed by atoms with E-state index in [2.05, 4.69) is 0 Å². The highest BCUT2D eigenvalue weighted by Crippen LogP contribution is 2.49. The number of rotatable bonds is 16. The van der Waals surface area contributed by atoms with Gasteiger partial charge in [-0.15, -0.1) is 22.7 Å². The Morgan fingerprint density at radius 2 is 0.958 bits per heavy atom. The molecule has 0 saturated heterocycles. The van der Waals surface area contributed by atoms with Crippen LogP contribution in [0.5, 0.6) is 21.6 Å². The molecule has 0 spiro atoms. The van der Waals surface area contributed by atoms with Crippen LogP contribution in [0.4, 0.5) is 0 Å². The first kappa shape index (κ1) is 34.6. The van der Waals surface area contributed by atoms with E-state index in [0.29, 0.717) is 47.6 Å². The van der Waals surface area contributed by atoms with Crippen LogP contribution in [0.3, 0.4) is 0 Å². The first-order valence-electron chi connectivity index (χ1n) is 15.9. The third-order valence-corrected chi connectivity index (χ3v) is 10.1. The molecule has 0 bridgehead atoms. The lowest BCUT2D eigenvalue weighted by Crippen LogP contribution is -2.64. The van der Waals surface area contributed by atoms with Crippen molar-refractivity contribution < 1.29 is 38.9 Å². The summed E-state index contributed by atoms with van der Waals surface area (Å²) in [4.78, 5) is 57.9. The minimum Gasteiger partial charge on any atom is -0.481 e. The summed E-state index contributed by atoms with van der Waals surface area (Å²) in [6.07, 6.45) is 1.16. The van der Waals surface area contributed by atoms with Crippen molar-refractivity contribution in [1.29, 1.82) is 0 Å². The third-order valence-electron chi connectivity index (χ3n) is 8.19. The van der Waals surface area contributed by atoms with Gasteiger partial charge in [-0.2, -0.15) is 0 Å². The number of carboxylic acid groups (broad SMARTS) is 2. The molecule has 252 valence electrons. The number of nitrogens with zero attached hydrogens (tertiary/aromatic N) is 2. The number of benzene rings is 2. The summed E-state index contributed by atoms with van der Waals surface area (Å²) in [5, 5.41) is 21.8. The van der Waals surface area contributed by atoms with E-state index in [4.69, 9.17) is 9.47 Å². The van der Waals surface area contributed by atoms with E-state index >= 15 is 0 Å². The SMILES string of the molecule is CCCN(Cc1ccc(Oc2ccccc2)s1)C(=O)[C@H]1[C@H](C(=O)O)[C@H](C(=O)N(CCC)Cc2ccc(Oc3ccccc3)s2)[C@H]1C(=O)O. The van der Waals surface area contributed by atoms with Crippen molar-refractivity contribution >= 4 is 46.4 Å². The molecule has 12 heteroatoms. The van der Waals surface area contributed by atoms with Gasteiger partial charge in [-0.3, -0.25) is 19.2 Å². The summed E-state index contributed by atoms with van der Waals surface area (Å²) in [7, 11) is 0. The van der Waals surface area contributed by atoms with Gasteiger partial charge in [0, 0.05) is 22.8 Å². The van der Waals surface area contributed by atoms with Gasteiger partial charge >= 0.3 is 11.9 Å². The summed E-state index contributed by atoms with van der Waals surface area (Å²) < 4.78 is 11.8. The highest BCUT2D eigenvalue weighted by Gasteiger charge is 2.64. The number of carbonyl (C=O) groups is 4. The lowest BCUT2D eigenvalue weighted by Gasteiger charge is -2.48. The molecule has 2 N–H and O–H groups in total. The fourth-order valence-corrected chi connectivity index (χ4v) is 7.83. The maximum absolute atomic E-state index is 14.0. The highest BCUT2D eigenvalue weighted by molar-refractivity contribution is 7.14. The first-order chi connectivity index (χ1) is 23.2. The lowest BCUT2D eigenvalue weighted by molar-refractivity contribution is -0.187. The lowest BCUT2D eigenvalue weighted by atomic mass is 9.55. The van der Waals surface area contributed by atoms with Crippen LogP contribution in [0.15, 0.2) is 84.9 Å². The topological polar surface area (TPSA) is 134 Å². The van der Waals surface area contributed by atoms with E-state index < -0.39 is 47.4 Å². The molecule has 1 aliphatic rings. The Kier molecular flexibility index (Phi) is 11.5. The van der Waals surface area contributed by atoms with Crippen molar-refractivity contribution in [2.75, 3.05) is 13.1 Å². The van der Waals surface area contributed by atoms with E-state index in [9.17, 15) is 29.4 Å². The Balaban J connectivity index is 1.32. The monoisotopic (exact) mass is 690 g/mol. The van der Waals surface area contributed by atoms with Crippen LogP contribution < -0.4 is 9.47 Å². The molecule has 0 atom stereocenters. The Morgan fingerprint density at radius 1 is 0.583 bits per heavy atom. The molecule has 5 rings (SSSR count). The molecule has 2 amide bonds. The maximum atomic E-state index is 14.0. The van der Waals surface area contributed by atoms with Crippen molar-refractivity contribution in [3.05, 3.63) is 94.7 Å². The summed E-state index contributed by atoms with van der Waals surface area (Å²) >= 11 is 2.70. The van der Waals surface area contributed by atoms with Gasteiger partial charge in [-0.05, 0) is 61.4 Å². The Hall–Kier alpha value is -4.68. The second-order valence-corrected chi connectivity index (χ2v) is 13.8. The molecular weight excluding hydrogens is 653 g/mol. The number of para-hydroxylation sites is 2. The quantitative estimate of drug-likeness (QED) is 0.126. The van der Waals surface area contributed by atoms with Crippen molar-refractivity contribution in [2.45, 2.75) is 39.8 Å². The second kappa shape index (κ2) is 15.9. The molecule has 2 heterocycles. The van der Waals surface area contributed by atoms with Crippen LogP contribution in [-0.2, 0) is 32.3 Å². The normalized spacial score (nSPS) is 18.4. The molecule has 10 nitrogen and oxygen atoms in total. The van der Waals surface area contributed by atoms with Gasteiger partial charge in [0.2, 0.25) is 11.8 Å². The van der Waals surface area contributed by atoms with Gasteiger partial charge in [0.15, 0.2) is 10.1 Å². The predicted molar refractivity (Wildman–Crippen MR) is 182 cm³/mol. The van der Waals surface area contributed by atoms with Crippen LogP contribution >= 0.6 is 22.7 Å². The molecule has 1 aliphatic carbocycles. The fourth-order valence-electron chi connectivity index (χ4n) is 6.05. The Labute approximate surface area is 287 Å². The molecule has 0 aliphatic heterocycles. The molecule has 1 saturated carbocycles. The number of thiophene rings is 2. The minimum absolute atomic E-state index is 0.164. The number of carbonyl (C=O) groups excluding carboxylic acids is 2. The number of amides is 2. The minimum atomic E-state index is -1.47. The van der Waals surface area contributed by atoms with Gasteiger partial charge in [0.05, 0.1) is 36.8 Å². The molecule has 2 aromatic carbocycles. The van der Waals surface area contributed by atoms with E-state index in [1.54, 1.807) is 12.1 Å². The van der Waals surface area contributed by atoms with Gasteiger partial charge < -0.3 is 29.5 Å². The summed E-state index contributed by atoms with van der Waals surface area (Å²) in [5.74, 6) is -8.23. The van der Waals surface area contributed by atoms with E-state index in [0.717, 1.165) is 9.75 Å². The highest BCUT2D eigenvalue weighted by atomic mass is 32.1. The zero-order chi connectivity index (χ0) is 34.2. The van der Waals surface area contributed by atoms with Crippen LogP contribution in [-0.4, -0.2) is 56.9 Å². The van der Waals surface area contributed by atoms with E-state index in [-0.39, 0.29) is 13.1 Å². The van der Waals surface area contributed by atoms with Crippen molar-refractivity contribution in [1.82, 2.24) is 9.80 Å². The first-order valence-corrected chi connectivity index (χ1v) is 17.5. The summed E-state index contributed by atoms with van der Waals surface area (Å²) in [5.41, 5.74) is 0. The number of hydrogen-bond donors (Lipinski definition) is 2. The Bertz CT molecular complexity index is 1570. The van der Waals surface area contributed by atoms with Gasteiger partial charge in [-0.25, -0.2) is 0 Å². The number of ether oxygens (including phenoxy) is 2. The molecule has 48 heavy (non-hydrogen) atoms. The molecule has 4 aromatic rings. The van der Waals surface area contributed by atoms with Crippen LogP contribution in [0.1, 0.15) is 36.4 Å². The molecule has 2 aromatic heterocycles. The molecule has 0 radical (unpaired) electrons. The number of aliphatic carboxylic acids is 2. The van der Waals surface area contributed by atoms with E-state index in [1.807, 2.05) is 86.6 Å². The maximum Gasteiger partial charge on any atom is 0.308 e. The van der Waals surface area contributed by atoms with Crippen molar-refractivity contribution in [2.24, 2.45) is 23.7 Å². The van der Waals surface area contributed by atoms with E-state index in [1.165, 1.54) is 32.5 Å². The number of hydrogen-bond acceptors (Lipinski definition) is 8. The summed E-state index contributed by atoms with van der Waals surface area (Å²) in [6.45, 7) is 4.70. The zero-order valence-electron chi connectivity index (χ0n) is 26.7. The predicted octanol–water partition coefficient (Wildman–Crippen LogP) is 7.22. The van der Waals surface area contributed by atoms with Gasteiger partial charge in [0.25, 0.3) is 0 Å². The standard InChI is InChI=1S/C36H38N2O8S2/c1-3-19-37(21-25-15-17-27(47-25)45-23-11-7-5-8-12-23)33(39)29-31(35(41)42)30(32(29)36(43)44)34(40)38(20-4-2)22-26-16-18-28(48-26)46-24-13-9-6-10-14-24/h5-18,29-32H,3-4,19-22H2,1-2H3,(H,41,42)(H,43,44)/t29-,30-,31-,32-. The fraction of sp³-hybridized carbons (Fsp3) is 0.333. The van der Waals surface area contributed by atoms with Gasteiger partial charge in [0.1, 0.15) is 11.5 Å². The number of carboxylic acids is 2. The van der Waals surface area contributed by atoms with Crippen LogP contribution in [0.2, 0.25) is 0 Å². The van der Waals surface area contributed by atoms with Crippen molar-refractivity contribution in [3.63, 3.8) is 0 Å².